The van der Waals surface area contributed by atoms with Crippen LogP contribution in [0.1, 0.15) is 18.9 Å². The number of hydrogen-bond acceptors (Lipinski definition) is 2. The van der Waals surface area contributed by atoms with Crippen molar-refractivity contribution in [2.24, 2.45) is 0 Å². The summed E-state index contributed by atoms with van der Waals surface area (Å²) in [5, 5.41) is 3.99. The number of pyridine rings is 1. The molecule has 0 unspecified atom stereocenters. The Morgan fingerprint density at radius 2 is 1.78 bits per heavy atom. The summed E-state index contributed by atoms with van der Waals surface area (Å²) in [4.78, 5) is 12.4. The fourth-order valence-corrected chi connectivity index (χ4v) is 2.91. The Morgan fingerprint density at radius 1 is 1.15 bits per heavy atom. The van der Waals surface area contributed by atoms with Gasteiger partial charge in [0.25, 0.3) is 12.0 Å². The third-order valence-corrected chi connectivity index (χ3v) is 4.08. The molecule has 4 nitrogen and oxygen atoms in total. The maximum Gasteiger partial charge on any atom is 0.269 e. The van der Waals surface area contributed by atoms with Crippen LogP contribution in [0.25, 0.3) is 16.9 Å². The van der Waals surface area contributed by atoms with Crippen LogP contribution in [-0.2, 0) is 6.54 Å². The third kappa shape index (κ3) is 3.34. The van der Waals surface area contributed by atoms with Gasteiger partial charge in [-0.25, -0.2) is 26.6 Å². The predicted molar refractivity (Wildman–Crippen MR) is 88.8 cm³/mol. The second-order valence-corrected chi connectivity index (χ2v) is 5.97. The van der Waals surface area contributed by atoms with E-state index in [1.807, 2.05) is 0 Å². The minimum atomic E-state index is -3.13. The van der Waals surface area contributed by atoms with Crippen molar-refractivity contribution in [1.29, 1.82) is 0 Å². The van der Waals surface area contributed by atoms with Gasteiger partial charge in [-0.3, -0.25) is 4.79 Å². The first kappa shape index (κ1) is 19.1. The Bertz CT molecular complexity index is 1050. The lowest BCUT2D eigenvalue weighted by molar-refractivity contribution is 0.149. The highest BCUT2D eigenvalue weighted by atomic mass is 35.5. The smallest absolute Gasteiger partial charge is 0.269 e. The quantitative estimate of drug-likeness (QED) is 0.591. The highest BCUT2D eigenvalue weighted by molar-refractivity contribution is 6.30. The van der Waals surface area contributed by atoms with Crippen LogP contribution in [0.5, 0.6) is 0 Å². The van der Waals surface area contributed by atoms with Gasteiger partial charge in [0.2, 0.25) is 0 Å². The number of benzene rings is 1. The van der Waals surface area contributed by atoms with E-state index in [2.05, 4.69) is 5.10 Å². The largest absolute Gasteiger partial charge is 0.306 e. The van der Waals surface area contributed by atoms with E-state index in [4.69, 9.17) is 11.6 Å². The van der Waals surface area contributed by atoms with Gasteiger partial charge in [-0.15, -0.1) is 0 Å². The van der Waals surface area contributed by atoms with E-state index in [1.54, 1.807) is 0 Å². The number of halogens is 6. The van der Waals surface area contributed by atoms with Crippen molar-refractivity contribution < 1.29 is 22.0 Å². The summed E-state index contributed by atoms with van der Waals surface area (Å²) in [6.45, 7) is 1.27. The molecule has 0 bridgehead atoms. The van der Waals surface area contributed by atoms with Crippen molar-refractivity contribution in [3.63, 3.8) is 0 Å². The van der Waals surface area contributed by atoms with Crippen molar-refractivity contribution in [1.82, 2.24) is 14.3 Å². The lowest BCUT2D eigenvalue weighted by atomic mass is 10.1. The van der Waals surface area contributed by atoms with Crippen molar-refractivity contribution >= 4 is 11.6 Å². The zero-order valence-corrected chi connectivity index (χ0v) is 14.4. The number of hydrogen-bond donors (Lipinski definition) is 0. The van der Waals surface area contributed by atoms with Gasteiger partial charge in [-0.2, -0.15) is 5.10 Å². The highest BCUT2D eigenvalue weighted by Crippen LogP contribution is 2.33. The summed E-state index contributed by atoms with van der Waals surface area (Å²) in [7, 11) is 0. The van der Waals surface area contributed by atoms with Gasteiger partial charge in [0.1, 0.15) is 17.5 Å². The minimum absolute atomic E-state index is 0.133. The summed E-state index contributed by atoms with van der Waals surface area (Å²) >= 11 is 5.80. The molecule has 0 aliphatic carbocycles. The third-order valence-electron chi connectivity index (χ3n) is 3.89. The molecule has 0 fully saturated rings. The predicted octanol–water partition coefficient (Wildman–Crippen LogP) is 4.73. The molecular weight excluding hydrogens is 393 g/mol. The van der Waals surface area contributed by atoms with Crippen LogP contribution in [0.15, 0.2) is 35.4 Å². The molecule has 3 rings (SSSR count). The van der Waals surface area contributed by atoms with E-state index in [0.29, 0.717) is 12.1 Å². The monoisotopic (exact) mass is 403 g/mol. The minimum Gasteiger partial charge on any atom is -0.306 e. The zero-order valence-electron chi connectivity index (χ0n) is 13.7. The average Bonchev–Trinajstić information content (AvgIpc) is 3.00. The fourth-order valence-electron chi connectivity index (χ4n) is 2.77. The van der Waals surface area contributed by atoms with Gasteiger partial charge in [0, 0.05) is 24.9 Å². The normalized spacial score (nSPS) is 11.4. The molecule has 27 heavy (non-hydrogen) atoms. The molecule has 142 valence electrons. The summed E-state index contributed by atoms with van der Waals surface area (Å²) in [6.07, 6.45) is -0.719. The van der Waals surface area contributed by atoms with Crippen molar-refractivity contribution in [3.8, 4) is 16.9 Å². The maximum absolute atomic E-state index is 14.4. The number of alkyl halides is 2. The van der Waals surface area contributed by atoms with E-state index in [1.165, 1.54) is 19.3 Å². The van der Waals surface area contributed by atoms with E-state index >= 15 is 0 Å². The molecule has 0 N–H and O–H groups in total. The van der Waals surface area contributed by atoms with Crippen LogP contribution in [0.2, 0.25) is 5.02 Å². The summed E-state index contributed by atoms with van der Waals surface area (Å²) in [5.41, 5.74) is -3.29. The standard InChI is InChI=1S/C17H11ClF5N3O/c1-2-25-15(14-11(20)3-9(19)4-12(14)21)13(26-7-8(18)6-24-26)5-10(16(22)23)17(25)27/h3-7,16H,2H2,1H3. The Morgan fingerprint density at radius 3 is 2.26 bits per heavy atom. The number of nitrogens with zero attached hydrogens (tertiary/aromatic N) is 3. The lowest BCUT2D eigenvalue weighted by Crippen LogP contribution is -2.27. The van der Waals surface area contributed by atoms with Crippen LogP contribution in [0, 0.1) is 17.5 Å². The molecule has 0 aliphatic heterocycles. The molecule has 3 aromatic rings. The molecule has 0 spiro atoms. The first-order valence-electron chi connectivity index (χ1n) is 7.66. The van der Waals surface area contributed by atoms with Gasteiger partial charge < -0.3 is 4.57 Å². The van der Waals surface area contributed by atoms with E-state index in [9.17, 15) is 26.7 Å². The molecule has 0 saturated heterocycles. The maximum atomic E-state index is 14.4. The summed E-state index contributed by atoms with van der Waals surface area (Å²) in [6, 6.07) is 1.66. The molecule has 2 heterocycles. The van der Waals surface area contributed by atoms with Crippen molar-refractivity contribution in [3.05, 3.63) is 69.0 Å². The molecule has 1 aromatic carbocycles. The lowest BCUT2D eigenvalue weighted by Gasteiger charge is -2.19. The van der Waals surface area contributed by atoms with Crippen LogP contribution < -0.4 is 5.56 Å². The van der Waals surface area contributed by atoms with E-state index in [0.717, 1.165) is 15.3 Å². The fraction of sp³-hybridized carbons (Fsp3) is 0.176. The van der Waals surface area contributed by atoms with Crippen LogP contribution in [-0.4, -0.2) is 14.3 Å². The Labute approximate surface area is 154 Å². The first-order valence-corrected chi connectivity index (χ1v) is 8.03. The SMILES string of the molecule is CCn1c(-c2c(F)cc(F)cc2F)c(-n2cc(Cl)cn2)cc(C(F)F)c1=O. The number of aromatic nitrogens is 3. The van der Waals surface area contributed by atoms with Gasteiger partial charge >= 0.3 is 0 Å². The second-order valence-electron chi connectivity index (χ2n) is 5.53. The molecule has 2 aromatic heterocycles. The molecule has 0 saturated carbocycles. The number of rotatable bonds is 4. The van der Waals surface area contributed by atoms with Gasteiger partial charge in [0.05, 0.1) is 33.7 Å². The first-order chi connectivity index (χ1) is 12.7. The van der Waals surface area contributed by atoms with Crippen molar-refractivity contribution in [2.75, 3.05) is 0 Å². The highest BCUT2D eigenvalue weighted by Gasteiger charge is 2.26. The Hall–Kier alpha value is -2.68. The van der Waals surface area contributed by atoms with Gasteiger partial charge in [0.15, 0.2) is 0 Å². The average molecular weight is 404 g/mol. The summed E-state index contributed by atoms with van der Waals surface area (Å²) in [5.74, 6) is -3.75. The molecule has 0 atom stereocenters. The topological polar surface area (TPSA) is 39.8 Å². The van der Waals surface area contributed by atoms with Crippen LogP contribution in [0.3, 0.4) is 0 Å². The van der Waals surface area contributed by atoms with Crippen molar-refractivity contribution in [2.45, 2.75) is 19.9 Å². The van der Waals surface area contributed by atoms with Crippen LogP contribution >= 0.6 is 11.6 Å². The Kier molecular flexibility index (Phi) is 5.05. The molecule has 0 amide bonds. The van der Waals surface area contributed by atoms with E-state index < -0.39 is 40.6 Å². The van der Waals surface area contributed by atoms with Gasteiger partial charge in [-0.05, 0) is 13.0 Å². The van der Waals surface area contributed by atoms with E-state index in [-0.39, 0.29) is 22.9 Å². The van der Waals surface area contributed by atoms with Gasteiger partial charge in [-0.1, -0.05) is 11.6 Å². The molecule has 10 heteroatoms. The zero-order chi connectivity index (χ0) is 19.9. The second kappa shape index (κ2) is 7.15. The molecule has 0 radical (unpaired) electrons. The molecular formula is C17H11ClF5N3O. The molecule has 0 aliphatic rings. The summed E-state index contributed by atoms with van der Waals surface area (Å²) < 4.78 is 70.6. The Balaban J connectivity index is 2.49. The van der Waals surface area contributed by atoms with Crippen LogP contribution in [0.4, 0.5) is 22.0 Å².